The number of piperidine rings is 1. The van der Waals surface area contributed by atoms with Gasteiger partial charge in [-0.05, 0) is 61.9 Å². The Balaban J connectivity index is 2.29. The fourth-order valence-electron chi connectivity index (χ4n) is 2.96. The summed E-state index contributed by atoms with van der Waals surface area (Å²) < 4.78 is 0. The van der Waals surface area contributed by atoms with Gasteiger partial charge in [-0.1, -0.05) is 0 Å². The Hall–Kier alpha value is -1.06. The van der Waals surface area contributed by atoms with Crippen molar-refractivity contribution in [1.29, 1.82) is 0 Å². The van der Waals surface area contributed by atoms with Crippen molar-refractivity contribution in [1.82, 2.24) is 0 Å². The van der Waals surface area contributed by atoms with Gasteiger partial charge in [0, 0.05) is 18.8 Å². The summed E-state index contributed by atoms with van der Waals surface area (Å²) >= 11 is 0. The fraction of sp³-hybridized carbons (Fsp3) is 0.600. The maximum atomic E-state index is 9.22. The van der Waals surface area contributed by atoms with Crippen molar-refractivity contribution >= 4 is 5.69 Å². The highest BCUT2D eigenvalue weighted by Gasteiger charge is 2.16. The van der Waals surface area contributed by atoms with Crippen molar-refractivity contribution in [3.05, 3.63) is 28.8 Å². The number of aliphatic hydroxyl groups excluding tert-OH is 1. The molecule has 1 aliphatic rings. The van der Waals surface area contributed by atoms with Crippen molar-refractivity contribution < 1.29 is 5.11 Å². The van der Waals surface area contributed by atoms with Crippen LogP contribution < -0.4 is 10.6 Å². The van der Waals surface area contributed by atoms with Crippen LogP contribution in [0.2, 0.25) is 0 Å². The van der Waals surface area contributed by atoms with Crippen molar-refractivity contribution in [2.75, 3.05) is 24.6 Å². The highest BCUT2D eigenvalue weighted by molar-refractivity contribution is 5.55. The van der Waals surface area contributed by atoms with Crippen LogP contribution in [0.3, 0.4) is 0 Å². The monoisotopic (exact) mass is 248 g/mol. The molecule has 1 heterocycles. The van der Waals surface area contributed by atoms with Crippen LogP contribution in [0.5, 0.6) is 0 Å². The second-order valence-corrected chi connectivity index (χ2v) is 5.33. The Labute approximate surface area is 110 Å². The van der Waals surface area contributed by atoms with Gasteiger partial charge in [0.1, 0.15) is 0 Å². The summed E-state index contributed by atoms with van der Waals surface area (Å²) in [6, 6.07) is 4.16. The normalized spacial score (nSPS) is 17.9. The molecular formula is C15H24N2O. The summed E-state index contributed by atoms with van der Waals surface area (Å²) in [6.07, 6.45) is 3.92. The van der Waals surface area contributed by atoms with E-state index >= 15 is 0 Å². The number of aryl methyl sites for hydroxylation is 2. The van der Waals surface area contributed by atoms with Crippen molar-refractivity contribution in [3.8, 4) is 0 Å². The minimum Gasteiger partial charge on any atom is -0.394 e. The first-order valence-corrected chi connectivity index (χ1v) is 6.86. The van der Waals surface area contributed by atoms with Gasteiger partial charge < -0.3 is 15.7 Å². The molecule has 100 valence electrons. The molecule has 2 rings (SSSR count). The van der Waals surface area contributed by atoms with E-state index in [4.69, 9.17) is 5.73 Å². The van der Waals surface area contributed by atoms with Gasteiger partial charge in [-0.2, -0.15) is 0 Å². The first-order valence-electron chi connectivity index (χ1n) is 6.86. The lowest BCUT2D eigenvalue weighted by Gasteiger charge is -2.30. The average Bonchev–Trinajstić information content (AvgIpc) is 2.38. The summed E-state index contributed by atoms with van der Waals surface area (Å²) in [4.78, 5) is 2.46. The molecule has 3 heteroatoms. The van der Waals surface area contributed by atoms with Crippen LogP contribution in [-0.4, -0.2) is 24.8 Å². The van der Waals surface area contributed by atoms with Crippen LogP contribution in [0, 0.1) is 13.8 Å². The van der Waals surface area contributed by atoms with Gasteiger partial charge >= 0.3 is 0 Å². The predicted octanol–water partition coefficient (Wildman–Crippen LogP) is 2.29. The molecule has 1 saturated heterocycles. The zero-order chi connectivity index (χ0) is 13.1. The van der Waals surface area contributed by atoms with Gasteiger partial charge in [0.15, 0.2) is 0 Å². The molecule has 1 aliphatic heterocycles. The molecule has 0 amide bonds. The van der Waals surface area contributed by atoms with Gasteiger partial charge in [0.05, 0.1) is 12.6 Å². The largest absolute Gasteiger partial charge is 0.394 e. The number of nitrogens with two attached hydrogens (primary N) is 1. The Bertz CT molecular complexity index is 388. The molecule has 0 radical (unpaired) electrons. The molecule has 3 nitrogen and oxygen atoms in total. The first kappa shape index (κ1) is 13.4. The smallest absolute Gasteiger partial charge is 0.0624 e. The van der Waals surface area contributed by atoms with E-state index in [1.54, 1.807) is 0 Å². The van der Waals surface area contributed by atoms with Crippen LogP contribution >= 0.6 is 0 Å². The summed E-state index contributed by atoms with van der Waals surface area (Å²) in [5.41, 5.74) is 10.7. The third-order valence-corrected chi connectivity index (χ3v) is 3.87. The van der Waals surface area contributed by atoms with E-state index in [0.29, 0.717) is 0 Å². The molecule has 18 heavy (non-hydrogen) atoms. The van der Waals surface area contributed by atoms with E-state index < -0.39 is 0 Å². The highest BCUT2D eigenvalue weighted by Crippen LogP contribution is 2.28. The number of aliphatic hydroxyl groups is 1. The number of nitrogens with zero attached hydrogens (tertiary/aromatic N) is 1. The maximum absolute atomic E-state index is 9.22. The minimum absolute atomic E-state index is 0.00470. The molecule has 3 N–H and O–H groups in total. The SMILES string of the molecule is Cc1cc(N2CCCCC2)cc(C)c1[C@H](N)CO. The molecule has 0 aromatic heterocycles. The number of rotatable bonds is 3. The van der Waals surface area contributed by atoms with E-state index in [9.17, 15) is 5.11 Å². The number of hydrogen-bond acceptors (Lipinski definition) is 3. The van der Waals surface area contributed by atoms with Gasteiger partial charge in [-0.25, -0.2) is 0 Å². The first-order chi connectivity index (χ1) is 8.63. The van der Waals surface area contributed by atoms with Gasteiger partial charge in [0.25, 0.3) is 0 Å². The number of benzene rings is 1. The third kappa shape index (κ3) is 2.68. The summed E-state index contributed by atoms with van der Waals surface area (Å²) in [6.45, 7) is 6.50. The topological polar surface area (TPSA) is 49.5 Å². The van der Waals surface area contributed by atoms with Crippen molar-refractivity contribution in [2.24, 2.45) is 5.73 Å². The van der Waals surface area contributed by atoms with Crippen LogP contribution in [-0.2, 0) is 0 Å². The molecule has 0 aliphatic carbocycles. The van der Waals surface area contributed by atoms with Crippen molar-refractivity contribution in [2.45, 2.75) is 39.2 Å². The lowest BCUT2D eigenvalue weighted by molar-refractivity contribution is 0.267. The molecule has 0 unspecified atom stereocenters. The van der Waals surface area contributed by atoms with E-state index in [0.717, 1.165) is 18.7 Å². The Morgan fingerprint density at radius 2 is 1.72 bits per heavy atom. The minimum atomic E-state index is -0.264. The number of anilines is 1. The van der Waals surface area contributed by atoms with Gasteiger partial charge in [-0.15, -0.1) is 0 Å². The molecule has 0 bridgehead atoms. The van der Waals surface area contributed by atoms with E-state index in [1.807, 2.05) is 0 Å². The van der Waals surface area contributed by atoms with E-state index in [1.165, 1.54) is 36.1 Å². The molecule has 0 saturated carbocycles. The average molecular weight is 248 g/mol. The second-order valence-electron chi connectivity index (χ2n) is 5.33. The molecule has 1 aromatic rings. The predicted molar refractivity (Wildman–Crippen MR) is 76.0 cm³/mol. The summed E-state index contributed by atoms with van der Waals surface area (Å²) in [5, 5.41) is 9.22. The zero-order valence-electron chi connectivity index (χ0n) is 11.4. The lowest BCUT2D eigenvalue weighted by atomic mass is 9.95. The van der Waals surface area contributed by atoms with Crippen LogP contribution in [0.15, 0.2) is 12.1 Å². The second kappa shape index (κ2) is 5.72. The third-order valence-electron chi connectivity index (χ3n) is 3.87. The fourth-order valence-corrected chi connectivity index (χ4v) is 2.96. The van der Waals surface area contributed by atoms with Crippen LogP contribution in [0.25, 0.3) is 0 Å². The maximum Gasteiger partial charge on any atom is 0.0624 e. The quantitative estimate of drug-likeness (QED) is 0.863. The molecule has 1 atom stereocenters. The number of hydrogen-bond donors (Lipinski definition) is 2. The van der Waals surface area contributed by atoms with E-state index in [2.05, 4.69) is 30.9 Å². The van der Waals surface area contributed by atoms with Gasteiger partial charge in [-0.3, -0.25) is 0 Å². The van der Waals surface area contributed by atoms with Crippen molar-refractivity contribution in [3.63, 3.8) is 0 Å². The Morgan fingerprint density at radius 1 is 1.17 bits per heavy atom. The van der Waals surface area contributed by atoms with Crippen LogP contribution in [0.4, 0.5) is 5.69 Å². The molecule has 1 aromatic carbocycles. The molecule has 0 spiro atoms. The molecular weight excluding hydrogens is 224 g/mol. The van der Waals surface area contributed by atoms with Gasteiger partial charge in [0.2, 0.25) is 0 Å². The summed E-state index contributed by atoms with van der Waals surface area (Å²) in [7, 11) is 0. The lowest BCUT2D eigenvalue weighted by Crippen LogP contribution is -2.29. The zero-order valence-corrected chi connectivity index (χ0v) is 11.4. The standard InChI is InChI=1S/C15H24N2O/c1-11-8-13(17-6-4-3-5-7-17)9-12(2)15(11)14(16)10-18/h8-9,14,18H,3-7,10,16H2,1-2H3/t14-/m1/s1. The Kier molecular flexibility index (Phi) is 4.25. The Morgan fingerprint density at radius 3 is 2.22 bits per heavy atom. The molecule has 1 fully saturated rings. The van der Waals surface area contributed by atoms with E-state index in [-0.39, 0.29) is 12.6 Å². The summed E-state index contributed by atoms with van der Waals surface area (Å²) in [5.74, 6) is 0. The van der Waals surface area contributed by atoms with Crippen LogP contribution in [0.1, 0.15) is 42.0 Å². The highest BCUT2D eigenvalue weighted by atomic mass is 16.3.